The molecule has 4 nitrogen and oxygen atoms in total. The molecule has 110 valence electrons. The minimum Gasteiger partial charge on any atom is -0.351 e. The second kappa shape index (κ2) is 6.23. The van der Waals surface area contributed by atoms with Gasteiger partial charge < -0.3 is 10.6 Å². The van der Waals surface area contributed by atoms with Crippen LogP contribution in [0, 0.1) is 0 Å². The molecule has 4 heteroatoms. The summed E-state index contributed by atoms with van der Waals surface area (Å²) in [6.45, 7) is 9.38. The number of fused-ring (bicyclic) bond motifs is 1. The summed E-state index contributed by atoms with van der Waals surface area (Å²) in [7, 11) is 0. The fourth-order valence-corrected chi connectivity index (χ4v) is 3.34. The summed E-state index contributed by atoms with van der Waals surface area (Å²) in [6.07, 6.45) is 5.87. The summed E-state index contributed by atoms with van der Waals surface area (Å²) in [6, 6.07) is 1.32. The van der Waals surface area contributed by atoms with Gasteiger partial charge in [-0.25, -0.2) is 0 Å². The number of hydrogen-bond acceptors (Lipinski definition) is 3. The second-order valence-corrected chi connectivity index (χ2v) is 7.00. The van der Waals surface area contributed by atoms with Crippen LogP contribution in [-0.4, -0.2) is 48.1 Å². The van der Waals surface area contributed by atoms with Crippen molar-refractivity contribution in [2.75, 3.05) is 19.6 Å². The molecular weight excluding hydrogens is 238 g/mol. The largest absolute Gasteiger partial charge is 0.351 e. The van der Waals surface area contributed by atoms with Crippen LogP contribution < -0.4 is 10.6 Å². The Hall–Kier alpha value is -0.610. The first kappa shape index (κ1) is 14.8. The van der Waals surface area contributed by atoms with Crippen LogP contribution in [-0.2, 0) is 4.79 Å². The van der Waals surface area contributed by atoms with E-state index in [0.29, 0.717) is 12.5 Å². The quantitative estimate of drug-likeness (QED) is 0.811. The minimum atomic E-state index is -0.120. The predicted molar refractivity (Wildman–Crippen MR) is 78.1 cm³/mol. The summed E-state index contributed by atoms with van der Waals surface area (Å²) in [5.74, 6) is 0.151. The Labute approximate surface area is 117 Å². The van der Waals surface area contributed by atoms with E-state index in [4.69, 9.17) is 0 Å². The normalized spacial score (nSPS) is 28.2. The summed E-state index contributed by atoms with van der Waals surface area (Å²) >= 11 is 0. The molecular formula is C15H29N3O. The lowest BCUT2D eigenvalue weighted by atomic mass is 9.99. The van der Waals surface area contributed by atoms with Gasteiger partial charge in [-0.15, -0.1) is 0 Å². The fourth-order valence-electron chi connectivity index (χ4n) is 3.34. The van der Waals surface area contributed by atoms with E-state index >= 15 is 0 Å². The van der Waals surface area contributed by atoms with Gasteiger partial charge in [0.2, 0.25) is 5.91 Å². The Morgan fingerprint density at radius 2 is 2.00 bits per heavy atom. The van der Waals surface area contributed by atoms with Gasteiger partial charge in [0.05, 0.1) is 0 Å². The molecule has 2 saturated heterocycles. The molecule has 19 heavy (non-hydrogen) atoms. The Bertz CT molecular complexity index is 311. The van der Waals surface area contributed by atoms with Crippen molar-refractivity contribution in [3.63, 3.8) is 0 Å². The number of nitrogens with one attached hydrogen (secondary N) is 2. The molecule has 0 saturated carbocycles. The molecule has 0 bridgehead atoms. The summed E-state index contributed by atoms with van der Waals surface area (Å²) in [5, 5.41) is 6.61. The Morgan fingerprint density at radius 3 is 2.74 bits per heavy atom. The van der Waals surface area contributed by atoms with Crippen molar-refractivity contribution in [1.29, 1.82) is 0 Å². The van der Waals surface area contributed by atoms with Gasteiger partial charge in [-0.05, 0) is 46.6 Å². The molecule has 2 rings (SSSR count). The van der Waals surface area contributed by atoms with Gasteiger partial charge in [-0.1, -0.05) is 6.42 Å². The maximum absolute atomic E-state index is 11.8. The van der Waals surface area contributed by atoms with Crippen LogP contribution >= 0.6 is 0 Å². The first-order valence-corrected chi connectivity index (χ1v) is 7.74. The highest BCUT2D eigenvalue weighted by Crippen LogP contribution is 2.26. The van der Waals surface area contributed by atoms with E-state index in [1.807, 2.05) is 20.8 Å². The number of carbonyl (C=O) groups is 1. The maximum atomic E-state index is 11.8. The third-order valence-electron chi connectivity index (χ3n) is 4.13. The molecule has 1 amide bonds. The molecule has 2 N–H and O–H groups in total. The Morgan fingerprint density at radius 1 is 1.21 bits per heavy atom. The average molecular weight is 267 g/mol. The zero-order valence-corrected chi connectivity index (χ0v) is 12.7. The molecule has 2 atom stereocenters. The lowest BCUT2D eigenvalue weighted by molar-refractivity contribution is -0.122. The third kappa shape index (κ3) is 4.46. The third-order valence-corrected chi connectivity index (χ3v) is 4.13. The predicted octanol–water partition coefficient (Wildman–Crippen LogP) is 1.51. The van der Waals surface area contributed by atoms with Crippen molar-refractivity contribution in [2.24, 2.45) is 0 Å². The number of nitrogens with zero attached hydrogens (tertiary/aromatic N) is 1. The highest BCUT2D eigenvalue weighted by Gasteiger charge is 2.34. The van der Waals surface area contributed by atoms with Crippen LogP contribution in [0.2, 0.25) is 0 Å². The Balaban J connectivity index is 1.67. The van der Waals surface area contributed by atoms with Gasteiger partial charge in [-0.3, -0.25) is 9.69 Å². The Kier molecular flexibility index (Phi) is 4.85. The zero-order valence-electron chi connectivity index (χ0n) is 12.7. The number of amides is 1. The summed E-state index contributed by atoms with van der Waals surface area (Å²) in [5.41, 5.74) is -0.120. The summed E-state index contributed by atoms with van der Waals surface area (Å²) < 4.78 is 0. The average Bonchev–Trinajstić information content (AvgIpc) is 2.70. The van der Waals surface area contributed by atoms with Gasteiger partial charge in [-0.2, -0.15) is 0 Å². The van der Waals surface area contributed by atoms with E-state index in [9.17, 15) is 4.79 Å². The molecule has 0 aromatic rings. The smallest absolute Gasteiger partial charge is 0.221 e. The van der Waals surface area contributed by atoms with Crippen LogP contribution in [0.4, 0.5) is 0 Å². The van der Waals surface area contributed by atoms with Gasteiger partial charge >= 0.3 is 0 Å². The fraction of sp³-hybridized carbons (Fsp3) is 0.933. The van der Waals surface area contributed by atoms with E-state index in [2.05, 4.69) is 15.5 Å². The molecule has 2 unspecified atom stereocenters. The number of hydrogen-bond donors (Lipinski definition) is 2. The number of rotatable bonds is 4. The van der Waals surface area contributed by atoms with Crippen molar-refractivity contribution < 1.29 is 4.79 Å². The number of carbonyl (C=O) groups excluding carboxylic acids is 1. The lowest BCUT2D eigenvalue weighted by Crippen LogP contribution is -2.46. The molecule has 0 radical (unpaired) electrons. The standard InChI is InChI=1S/C15H29N3O/c1-15(2,3)17-14(19)7-9-16-12-8-11-18-10-5-4-6-13(12)18/h12-13,16H,4-11H2,1-3H3,(H,17,19). The SMILES string of the molecule is CC(C)(C)NC(=O)CCNC1CCN2CCCCC12. The van der Waals surface area contributed by atoms with Gasteiger partial charge in [0.25, 0.3) is 0 Å². The van der Waals surface area contributed by atoms with Crippen LogP contribution in [0.15, 0.2) is 0 Å². The van der Waals surface area contributed by atoms with Crippen molar-refractivity contribution in [3.8, 4) is 0 Å². The molecule has 0 spiro atoms. The highest BCUT2D eigenvalue weighted by atomic mass is 16.1. The first-order valence-electron chi connectivity index (χ1n) is 7.74. The van der Waals surface area contributed by atoms with E-state index in [1.54, 1.807) is 0 Å². The topological polar surface area (TPSA) is 44.4 Å². The van der Waals surface area contributed by atoms with Crippen LogP contribution in [0.3, 0.4) is 0 Å². The minimum absolute atomic E-state index is 0.120. The molecule has 0 aromatic carbocycles. The van der Waals surface area contributed by atoms with Crippen molar-refractivity contribution in [3.05, 3.63) is 0 Å². The zero-order chi connectivity index (χ0) is 13.9. The lowest BCUT2D eigenvalue weighted by Gasteiger charge is -2.32. The molecule has 2 fully saturated rings. The van der Waals surface area contributed by atoms with Crippen LogP contribution in [0.5, 0.6) is 0 Å². The molecule has 0 aliphatic carbocycles. The first-order chi connectivity index (χ1) is 8.96. The molecule has 0 aromatic heterocycles. The monoisotopic (exact) mass is 267 g/mol. The van der Waals surface area contributed by atoms with E-state index in [0.717, 1.165) is 12.6 Å². The van der Waals surface area contributed by atoms with Gasteiger partial charge in [0.1, 0.15) is 0 Å². The van der Waals surface area contributed by atoms with Crippen molar-refractivity contribution >= 4 is 5.91 Å². The van der Waals surface area contributed by atoms with Crippen molar-refractivity contribution in [2.45, 2.75) is 70.5 Å². The molecule has 2 heterocycles. The van der Waals surface area contributed by atoms with Gasteiger partial charge in [0.15, 0.2) is 0 Å². The number of piperidine rings is 1. The van der Waals surface area contributed by atoms with E-state index < -0.39 is 0 Å². The van der Waals surface area contributed by atoms with Crippen molar-refractivity contribution in [1.82, 2.24) is 15.5 Å². The van der Waals surface area contributed by atoms with E-state index in [1.165, 1.54) is 38.8 Å². The maximum Gasteiger partial charge on any atom is 0.221 e. The van der Waals surface area contributed by atoms with Gasteiger partial charge in [0, 0.05) is 37.1 Å². The van der Waals surface area contributed by atoms with Crippen LogP contribution in [0.25, 0.3) is 0 Å². The molecule has 2 aliphatic rings. The summed E-state index contributed by atoms with van der Waals surface area (Å²) in [4.78, 5) is 14.4. The second-order valence-electron chi connectivity index (χ2n) is 7.00. The molecule has 2 aliphatic heterocycles. The van der Waals surface area contributed by atoms with E-state index in [-0.39, 0.29) is 11.4 Å². The van der Waals surface area contributed by atoms with Crippen LogP contribution in [0.1, 0.15) is 52.9 Å². The highest BCUT2D eigenvalue weighted by molar-refractivity contribution is 5.76.